The normalized spacial score (nSPS) is 10.3. The van der Waals surface area contributed by atoms with Gasteiger partial charge in [0.15, 0.2) is 21.2 Å². The van der Waals surface area contributed by atoms with Crippen LogP contribution >= 0.6 is 35.0 Å². The van der Waals surface area contributed by atoms with E-state index in [1.165, 1.54) is 11.8 Å². The smallest absolute Gasteiger partial charge is 0.190 e. The molecule has 0 fully saturated rings. The van der Waals surface area contributed by atoms with Crippen molar-refractivity contribution in [3.8, 4) is 0 Å². The van der Waals surface area contributed by atoms with E-state index < -0.39 is 0 Å². The highest BCUT2D eigenvalue weighted by Gasteiger charge is 2.12. The Morgan fingerprint density at radius 2 is 1.72 bits per heavy atom. The van der Waals surface area contributed by atoms with E-state index >= 15 is 0 Å². The zero-order valence-corrected chi connectivity index (χ0v) is 11.3. The average Bonchev–Trinajstić information content (AvgIpc) is 2.37. The topological polar surface area (TPSA) is 55.2 Å². The lowest BCUT2D eigenvalue weighted by molar-refractivity contribution is 0.965. The molecule has 0 aliphatic heterocycles. The van der Waals surface area contributed by atoms with Crippen molar-refractivity contribution < 1.29 is 0 Å². The Hall–Kier alpha value is -1.17. The molecule has 0 saturated carbocycles. The van der Waals surface area contributed by atoms with Crippen molar-refractivity contribution in [3.63, 3.8) is 0 Å². The summed E-state index contributed by atoms with van der Waals surface area (Å²) in [6, 6.07) is 9.85. The standard InChI is InChI=1S/C11H7Cl2N3OS/c12-9-8(16-17)10(13)15-11(14-9)18-6-7-4-2-1-3-5-7/h1-5H,6H2. The average molecular weight is 300 g/mol. The number of hydrogen-bond donors (Lipinski definition) is 0. The van der Waals surface area contributed by atoms with Crippen LogP contribution in [-0.2, 0) is 5.75 Å². The molecule has 0 aliphatic carbocycles. The van der Waals surface area contributed by atoms with Crippen LogP contribution in [0.2, 0.25) is 10.3 Å². The third-order valence-corrected chi connectivity index (χ3v) is 3.53. The molecule has 2 aromatic rings. The molecule has 0 unspecified atom stereocenters. The molecule has 0 bridgehead atoms. The van der Waals surface area contributed by atoms with Crippen molar-refractivity contribution >= 4 is 40.7 Å². The maximum atomic E-state index is 10.4. The predicted molar refractivity (Wildman–Crippen MR) is 73.5 cm³/mol. The second-order valence-corrected chi connectivity index (χ2v) is 4.96. The number of nitroso groups, excluding NO2 is 1. The van der Waals surface area contributed by atoms with Crippen molar-refractivity contribution in [2.24, 2.45) is 5.18 Å². The Kier molecular flexibility index (Phi) is 4.52. The summed E-state index contributed by atoms with van der Waals surface area (Å²) in [6.45, 7) is 0. The highest BCUT2D eigenvalue weighted by Crippen LogP contribution is 2.32. The Labute approximate surface area is 118 Å². The van der Waals surface area contributed by atoms with Gasteiger partial charge in [-0.3, -0.25) is 0 Å². The van der Waals surface area contributed by atoms with Gasteiger partial charge in [-0.25, -0.2) is 9.97 Å². The van der Waals surface area contributed by atoms with Crippen LogP contribution in [0.25, 0.3) is 0 Å². The molecule has 0 atom stereocenters. The van der Waals surface area contributed by atoms with E-state index in [4.69, 9.17) is 23.2 Å². The molecule has 1 heterocycles. The number of hydrogen-bond acceptors (Lipinski definition) is 5. The van der Waals surface area contributed by atoms with Crippen molar-refractivity contribution in [1.82, 2.24) is 9.97 Å². The summed E-state index contributed by atoms with van der Waals surface area (Å²) in [5.41, 5.74) is 1.01. The van der Waals surface area contributed by atoms with Crippen LogP contribution in [0.5, 0.6) is 0 Å². The highest BCUT2D eigenvalue weighted by molar-refractivity contribution is 7.98. The molecule has 0 radical (unpaired) electrons. The van der Waals surface area contributed by atoms with Crippen LogP contribution < -0.4 is 0 Å². The van der Waals surface area contributed by atoms with Crippen LogP contribution in [0.3, 0.4) is 0 Å². The summed E-state index contributed by atoms with van der Waals surface area (Å²) in [7, 11) is 0. The second kappa shape index (κ2) is 6.13. The summed E-state index contributed by atoms with van der Waals surface area (Å²) in [5.74, 6) is 0.696. The van der Waals surface area contributed by atoms with E-state index in [1.54, 1.807) is 0 Å². The van der Waals surface area contributed by atoms with E-state index in [2.05, 4.69) is 15.1 Å². The molecule has 2 rings (SSSR count). The van der Waals surface area contributed by atoms with Gasteiger partial charge < -0.3 is 0 Å². The molecular formula is C11H7Cl2N3OS. The van der Waals surface area contributed by atoms with E-state index in [0.717, 1.165) is 5.56 Å². The molecule has 18 heavy (non-hydrogen) atoms. The lowest BCUT2D eigenvalue weighted by Crippen LogP contribution is -1.90. The van der Waals surface area contributed by atoms with Crippen LogP contribution in [0.4, 0.5) is 5.69 Å². The first-order chi connectivity index (χ1) is 8.70. The molecule has 1 aromatic carbocycles. The first kappa shape index (κ1) is 13.3. The lowest BCUT2D eigenvalue weighted by Gasteiger charge is -2.03. The maximum absolute atomic E-state index is 10.4. The third-order valence-electron chi connectivity index (χ3n) is 2.08. The molecule has 0 aliphatic rings. The lowest BCUT2D eigenvalue weighted by atomic mass is 10.2. The fourth-order valence-electron chi connectivity index (χ4n) is 1.25. The predicted octanol–water partition coefficient (Wildman–Crippen LogP) is 4.47. The maximum Gasteiger partial charge on any atom is 0.190 e. The minimum absolute atomic E-state index is 0.0273. The minimum atomic E-state index is -0.123. The van der Waals surface area contributed by atoms with E-state index in [9.17, 15) is 4.91 Å². The van der Waals surface area contributed by atoms with Gasteiger partial charge in [-0.1, -0.05) is 65.3 Å². The van der Waals surface area contributed by atoms with E-state index in [0.29, 0.717) is 10.9 Å². The highest BCUT2D eigenvalue weighted by atomic mass is 35.5. The summed E-state index contributed by atoms with van der Waals surface area (Å²) >= 11 is 12.9. The minimum Gasteiger partial charge on any atom is -0.208 e. The van der Waals surface area contributed by atoms with Crippen molar-refractivity contribution in [3.05, 3.63) is 51.1 Å². The molecule has 0 amide bonds. The molecule has 4 nitrogen and oxygen atoms in total. The summed E-state index contributed by atoms with van der Waals surface area (Å²) < 4.78 is 0. The number of thioether (sulfide) groups is 1. The molecule has 1 aromatic heterocycles. The fraction of sp³-hybridized carbons (Fsp3) is 0.0909. The monoisotopic (exact) mass is 299 g/mol. The van der Waals surface area contributed by atoms with Crippen LogP contribution in [0.15, 0.2) is 40.7 Å². The van der Waals surface area contributed by atoms with Crippen LogP contribution in [-0.4, -0.2) is 9.97 Å². The van der Waals surface area contributed by atoms with E-state index in [-0.39, 0.29) is 16.0 Å². The Bertz CT molecular complexity index is 542. The summed E-state index contributed by atoms with van der Waals surface area (Å²) in [4.78, 5) is 18.4. The first-order valence-corrected chi connectivity index (χ1v) is 6.68. The van der Waals surface area contributed by atoms with Gasteiger partial charge in [-0.2, -0.15) is 0 Å². The van der Waals surface area contributed by atoms with Crippen molar-refractivity contribution in [2.75, 3.05) is 0 Å². The molecule has 0 spiro atoms. The second-order valence-electron chi connectivity index (χ2n) is 3.30. The number of benzene rings is 1. The van der Waals surface area contributed by atoms with Gasteiger partial charge in [-0.05, 0) is 10.7 Å². The first-order valence-electron chi connectivity index (χ1n) is 4.94. The Morgan fingerprint density at radius 1 is 1.11 bits per heavy atom. The summed E-state index contributed by atoms with van der Waals surface area (Å²) in [6.07, 6.45) is 0. The molecule has 7 heteroatoms. The Morgan fingerprint density at radius 3 is 2.28 bits per heavy atom. The molecular weight excluding hydrogens is 293 g/mol. The molecule has 92 valence electrons. The van der Waals surface area contributed by atoms with Gasteiger partial charge in [0.05, 0.1) is 0 Å². The Balaban J connectivity index is 2.13. The largest absolute Gasteiger partial charge is 0.208 e. The fourth-order valence-corrected chi connectivity index (χ4v) is 2.60. The van der Waals surface area contributed by atoms with Gasteiger partial charge in [0.1, 0.15) is 0 Å². The van der Waals surface area contributed by atoms with Crippen LogP contribution in [0, 0.1) is 4.91 Å². The molecule has 0 saturated heterocycles. The van der Waals surface area contributed by atoms with Gasteiger partial charge in [-0.15, -0.1) is 4.91 Å². The summed E-state index contributed by atoms with van der Waals surface area (Å²) in [5, 5.41) is 3.04. The van der Waals surface area contributed by atoms with Gasteiger partial charge >= 0.3 is 0 Å². The zero-order valence-electron chi connectivity index (χ0n) is 9.01. The van der Waals surface area contributed by atoms with Crippen molar-refractivity contribution in [2.45, 2.75) is 10.9 Å². The number of halogens is 2. The van der Waals surface area contributed by atoms with Gasteiger partial charge in [0.25, 0.3) is 0 Å². The number of aromatic nitrogens is 2. The molecule has 0 N–H and O–H groups in total. The van der Waals surface area contributed by atoms with Gasteiger partial charge in [0.2, 0.25) is 0 Å². The van der Waals surface area contributed by atoms with Crippen LogP contribution in [0.1, 0.15) is 5.56 Å². The quantitative estimate of drug-likeness (QED) is 0.362. The zero-order chi connectivity index (χ0) is 13.0. The van der Waals surface area contributed by atoms with Crippen molar-refractivity contribution in [1.29, 1.82) is 0 Å². The number of nitrogens with zero attached hydrogens (tertiary/aromatic N) is 3. The SMILES string of the molecule is O=Nc1c(Cl)nc(SCc2ccccc2)nc1Cl. The van der Waals surface area contributed by atoms with E-state index in [1.807, 2.05) is 30.3 Å². The number of rotatable bonds is 4. The third kappa shape index (κ3) is 3.19. The van der Waals surface area contributed by atoms with Gasteiger partial charge in [0, 0.05) is 5.75 Å².